The second-order valence-corrected chi connectivity index (χ2v) is 14.4. The van der Waals surface area contributed by atoms with Crippen LogP contribution in [0.3, 0.4) is 0 Å². The number of hydrogen-bond donors (Lipinski definition) is 2. The predicted octanol–water partition coefficient (Wildman–Crippen LogP) is 8.22. The highest BCUT2D eigenvalue weighted by molar-refractivity contribution is 6.29. The molecule has 0 fully saturated rings. The van der Waals surface area contributed by atoms with Gasteiger partial charge in [-0.1, -0.05) is 104 Å². The molecule has 0 saturated heterocycles. The summed E-state index contributed by atoms with van der Waals surface area (Å²) in [5.74, 6) is -2.79. The van der Waals surface area contributed by atoms with Crippen LogP contribution in [0.25, 0.3) is 0 Å². The Morgan fingerprint density at radius 3 is 1.26 bits per heavy atom. The van der Waals surface area contributed by atoms with Crippen LogP contribution >= 0.6 is 0 Å². The molecule has 4 unspecified atom stereocenters. The number of hydrogen-bond acceptors (Lipinski definition) is 6. The Morgan fingerprint density at radius 2 is 0.957 bits per heavy atom. The molecular weight excluding hydrogens is 586 g/mol. The van der Waals surface area contributed by atoms with Crippen molar-refractivity contribution in [2.45, 2.75) is 143 Å². The van der Waals surface area contributed by atoms with E-state index in [2.05, 4.69) is 13.8 Å². The van der Waals surface area contributed by atoms with E-state index in [1.807, 2.05) is 27.7 Å². The number of nitrogens with two attached hydrogens (primary N) is 2. The Morgan fingerprint density at radius 1 is 0.630 bits per heavy atom. The molecule has 2 rings (SSSR count). The van der Waals surface area contributed by atoms with E-state index >= 15 is 0 Å². The maximum absolute atomic E-state index is 13.6. The van der Waals surface area contributed by atoms with Gasteiger partial charge in [-0.2, -0.15) is 0 Å². The summed E-state index contributed by atoms with van der Waals surface area (Å²) in [7, 11) is 0. The van der Waals surface area contributed by atoms with E-state index < -0.39 is 35.0 Å². The average molecular weight is 645 g/mol. The maximum atomic E-state index is 13.6. The third-order valence-corrected chi connectivity index (χ3v) is 8.95. The SMILES string of the molecule is CCCCCC(N)CC(OC(=O)C(=O)OC(CC(N)CCCCC)C(C)(C)Cc1ccc(F)cc1)C(C)(C)Cc1ccc(F)cc1. The minimum atomic E-state index is -1.07. The lowest BCUT2D eigenvalue weighted by Gasteiger charge is -2.37. The second kappa shape index (κ2) is 19.1. The van der Waals surface area contributed by atoms with Crippen LogP contribution in [0.2, 0.25) is 0 Å². The first kappa shape index (κ1) is 39.3. The van der Waals surface area contributed by atoms with Crippen molar-refractivity contribution >= 4 is 11.9 Å². The molecule has 0 saturated carbocycles. The van der Waals surface area contributed by atoms with Crippen molar-refractivity contribution in [3.05, 3.63) is 71.3 Å². The summed E-state index contributed by atoms with van der Waals surface area (Å²) in [5.41, 5.74) is 13.6. The minimum absolute atomic E-state index is 0.226. The number of halogens is 2. The lowest BCUT2D eigenvalue weighted by molar-refractivity contribution is -0.181. The van der Waals surface area contributed by atoms with E-state index in [1.165, 1.54) is 24.3 Å². The van der Waals surface area contributed by atoms with Crippen LogP contribution in [0.1, 0.15) is 117 Å². The highest BCUT2D eigenvalue weighted by Crippen LogP contribution is 2.34. The molecule has 0 aliphatic rings. The first-order chi connectivity index (χ1) is 21.7. The number of esters is 2. The molecule has 0 amide bonds. The molecule has 4 atom stereocenters. The smallest absolute Gasteiger partial charge is 0.417 e. The monoisotopic (exact) mass is 644 g/mol. The summed E-state index contributed by atoms with van der Waals surface area (Å²) in [4.78, 5) is 26.9. The molecule has 0 aliphatic carbocycles. The van der Waals surface area contributed by atoms with Gasteiger partial charge in [0, 0.05) is 35.8 Å². The third-order valence-electron chi connectivity index (χ3n) is 8.95. The van der Waals surface area contributed by atoms with Gasteiger partial charge in [-0.05, 0) is 61.1 Å². The van der Waals surface area contributed by atoms with Crippen molar-refractivity contribution in [3.63, 3.8) is 0 Å². The quantitative estimate of drug-likeness (QED) is 0.0855. The van der Waals surface area contributed by atoms with Crippen molar-refractivity contribution in [2.75, 3.05) is 0 Å². The van der Waals surface area contributed by atoms with Crippen molar-refractivity contribution < 1.29 is 27.8 Å². The number of carbonyl (C=O) groups is 2. The van der Waals surface area contributed by atoms with Crippen LogP contribution in [-0.2, 0) is 31.9 Å². The van der Waals surface area contributed by atoms with Gasteiger partial charge in [0.2, 0.25) is 0 Å². The molecule has 2 aromatic rings. The summed E-state index contributed by atoms with van der Waals surface area (Å²) in [6, 6.07) is 12.0. The molecule has 0 aromatic heterocycles. The Hall–Kier alpha value is -2.84. The summed E-state index contributed by atoms with van der Waals surface area (Å²) in [6.45, 7) is 12.1. The van der Waals surface area contributed by atoms with Crippen molar-refractivity contribution in [3.8, 4) is 0 Å². The number of carbonyl (C=O) groups excluding carboxylic acids is 2. The van der Waals surface area contributed by atoms with Gasteiger partial charge in [0.15, 0.2) is 0 Å². The molecule has 0 bridgehead atoms. The van der Waals surface area contributed by atoms with Gasteiger partial charge in [0.1, 0.15) is 23.8 Å². The largest absolute Gasteiger partial charge is 0.453 e. The van der Waals surface area contributed by atoms with Gasteiger partial charge in [0.05, 0.1) is 0 Å². The molecule has 2 aromatic carbocycles. The van der Waals surface area contributed by atoms with Gasteiger partial charge in [-0.3, -0.25) is 0 Å². The fraction of sp³-hybridized carbons (Fsp3) is 0.632. The van der Waals surface area contributed by atoms with Gasteiger partial charge < -0.3 is 20.9 Å². The first-order valence-corrected chi connectivity index (χ1v) is 17.1. The topological polar surface area (TPSA) is 105 Å². The maximum Gasteiger partial charge on any atom is 0.417 e. The fourth-order valence-corrected chi connectivity index (χ4v) is 5.99. The van der Waals surface area contributed by atoms with E-state index in [1.54, 1.807) is 24.3 Å². The number of ether oxygens (including phenoxy) is 2. The summed E-state index contributed by atoms with van der Waals surface area (Å²) in [5, 5.41) is 0. The van der Waals surface area contributed by atoms with E-state index in [0.717, 1.165) is 62.5 Å². The summed E-state index contributed by atoms with van der Waals surface area (Å²) >= 11 is 0. The number of rotatable bonds is 20. The van der Waals surface area contributed by atoms with Gasteiger partial charge in [-0.15, -0.1) is 0 Å². The molecule has 46 heavy (non-hydrogen) atoms. The van der Waals surface area contributed by atoms with E-state index in [0.29, 0.717) is 25.7 Å². The zero-order valence-electron chi connectivity index (χ0n) is 29.0. The fourth-order valence-electron chi connectivity index (χ4n) is 5.99. The van der Waals surface area contributed by atoms with Crippen molar-refractivity contribution in [2.24, 2.45) is 22.3 Å². The molecule has 0 spiro atoms. The van der Waals surface area contributed by atoms with Gasteiger partial charge in [0.25, 0.3) is 0 Å². The first-order valence-electron chi connectivity index (χ1n) is 17.1. The van der Waals surface area contributed by atoms with Crippen molar-refractivity contribution in [1.82, 2.24) is 0 Å². The van der Waals surface area contributed by atoms with E-state index in [9.17, 15) is 18.4 Å². The van der Waals surface area contributed by atoms with Crippen LogP contribution in [-0.4, -0.2) is 36.2 Å². The van der Waals surface area contributed by atoms with Crippen LogP contribution in [0, 0.1) is 22.5 Å². The lowest BCUT2D eigenvalue weighted by atomic mass is 9.77. The Bertz CT molecular complexity index is 1090. The van der Waals surface area contributed by atoms with E-state index in [4.69, 9.17) is 20.9 Å². The molecule has 0 heterocycles. The summed E-state index contributed by atoms with van der Waals surface area (Å²) in [6.07, 6.45) is 8.06. The van der Waals surface area contributed by atoms with E-state index in [-0.39, 0.29) is 23.7 Å². The zero-order chi connectivity index (χ0) is 34.3. The highest BCUT2D eigenvalue weighted by Gasteiger charge is 2.39. The minimum Gasteiger partial charge on any atom is -0.453 e. The number of benzene rings is 2. The molecule has 4 N–H and O–H groups in total. The van der Waals surface area contributed by atoms with Crippen molar-refractivity contribution in [1.29, 1.82) is 0 Å². The molecule has 6 nitrogen and oxygen atoms in total. The van der Waals surface area contributed by atoms with Gasteiger partial charge in [-0.25, -0.2) is 18.4 Å². The third kappa shape index (κ3) is 13.9. The van der Waals surface area contributed by atoms with Crippen LogP contribution in [0.4, 0.5) is 8.78 Å². The molecular formula is C38H58F2N2O4. The van der Waals surface area contributed by atoms with Crippen LogP contribution in [0.15, 0.2) is 48.5 Å². The standard InChI is InChI=1S/C38H58F2N2O4/c1-7-9-11-13-31(41)23-33(37(3,4)25-27-15-19-29(39)20-16-27)45-35(43)36(44)46-34(24-32(42)14-12-10-8-2)38(5,6)26-28-17-21-30(40)22-18-28/h15-22,31-34H,7-14,23-26,41-42H2,1-6H3. The van der Waals surface area contributed by atoms with Crippen LogP contribution in [0.5, 0.6) is 0 Å². The molecule has 0 radical (unpaired) electrons. The molecule has 258 valence electrons. The lowest BCUT2D eigenvalue weighted by Crippen LogP contribution is -2.44. The predicted molar refractivity (Wildman–Crippen MR) is 181 cm³/mol. The Balaban J connectivity index is 2.26. The summed E-state index contributed by atoms with van der Waals surface area (Å²) < 4.78 is 39.0. The van der Waals surface area contributed by atoms with Gasteiger partial charge >= 0.3 is 11.9 Å². The Labute approximate surface area is 276 Å². The second-order valence-electron chi connectivity index (χ2n) is 14.4. The zero-order valence-corrected chi connectivity index (χ0v) is 29.0. The Kier molecular flexibility index (Phi) is 16.3. The highest BCUT2D eigenvalue weighted by atomic mass is 19.1. The average Bonchev–Trinajstić information content (AvgIpc) is 2.98. The van der Waals surface area contributed by atoms with Crippen LogP contribution < -0.4 is 11.5 Å². The molecule has 8 heteroatoms. The number of unbranched alkanes of at least 4 members (excludes halogenated alkanes) is 4. The normalized spacial score (nSPS) is 14.7. The molecule has 0 aliphatic heterocycles.